The molecule has 0 heterocycles. The number of hydrogen-bond acceptors (Lipinski definition) is 2. The zero-order valence-corrected chi connectivity index (χ0v) is 14.9. The van der Waals surface area contributed by atoms with Crippen LogP contribution < -0.4 is 4.74 Å². The molecule has 2 unspecified atom stereocenters. The summed E-state index contributed by atoms with van der Waals surface area (Å²) in [5.41, 5.74) is 0.174. The van der Waals surface area contributed by atoms with E-state index in [9.17, 15) is 4.39 Å². The van der Waals surface area contributed by atoms with Crippen molar-refractivity contribution < 1.29 is 9.13 Å². The van der Waals surface area contributed by atoms with Gasteiger partial charge in [0.2, 0.25) is 0 Å². The summed E-state index contributed by atoms with van der Waals surface area (Å²) < 4.78 is 19.5. The number of ether oxygens (including phenoxy) is 1. The van der Waals surface area contributed by atoms with Gasteiger partial charge >= 0.3 is 0 Å². The number of thiol groups is 1. The Kier molecular flexibility index (Phi) is 4.66. The molecule has 0 N–H and O–H groups in total. The summed E-state index contributed by atoms with van der Waals surface area (Å²) >= 11 is 10.2. The Morgan fingerprint density at radius 3 is 2.55 bits per heavy atom. The van der Waals surface area contributed by atoms with Gasteiger partial charge in [0.25, 0.3) is 0 Å². The molecule has 2 aliphatic carbocycles. The van der Waals surface area contributed by atoms with Crippen LogP contribution in [-0.4, -0.2) is 6.61 Å². The Morgan fingerprint density at radius 2 is 1.91 bits per heavy atom. The van der Waals surface area contributed by atoms with Crippen LogP contribution in [0.3, 0.4) is 0 Å². The molecule has 3 rings (SSSR count). The van der Waals surface area contributed by atoms with E-state index in [1.54, 1.807) is 0 Å². The Bertz CT molecular complexity index is 544. The van der Waals surface area contributed by atoms with Crippen LogP contribution in [0, 0.1) is 29.0 Å². The highest BCUT2D eigenvalue weighted by Crippen LogP contribution is 2.50. The van der Waals surface area contributed by atoms with E-state index in [0.717, 1.165) is 17.8 Å². The summed E-state index contributed by atoms with van der Waals surface area (Å²) in [5.74, 6) is 2.55. The molecule has 1 aromatic rings. The second-order valence-electron chi connectivity index (χ2n) is 7.79. The molecule has 2 bridgehead atoms. The number of rotatable bonds is 3. The normalized spacial score (nSPS) is 34.5. The standard InChI is InChI=1S/C18H24ClFOS/c1-11-3-12-5-13(4-11)9-18(2,8-12)10-21-16-7-15(20)17(22)6-14(16)19/h6-7,11-13,22H,3-5,8-10H2,1-2H3/t11?,12-,13+,18?. The lowest BCUT2D eigenvalue weighted by Crippen LogP contribution is -2.39. The Hall–Kier alpha value is -0.410. The van der Waals surface area contributed by atoms with Crippen LogP contribution in [0.1, 0.15) is 46.0 Å². The summed E-state index contributed by atoms with van der Waals surface area (Å²) in [6.45, 7) is 5.29. The molecule has 2 saturated carbocycles. The van der Waals surface area contributed by atoms with E-state index in [1.165, 1.54) is 44.2 Å². The van der Waals surface area contributed by atoms with Crippen molar-refractivity contribution >= 4 is 24.2 Å². The lowest BCUT2D eigenvalue weighted by Gasteiger charge is -2.47. The Balaban J connectivity index is 1.67. The smallest absolute Gasteiger partial charge is 0.140 e. The van der Waals surface area contributed by atoms with Crippen molar-refractivity contribution in [2.45, 2.75) is 50.8 Å². The molecule has 1 aromatic carbocycles. The van der Waals surface area contributed by atoms with Crippen LogP contribution in [0.2, 0.25) is 5.02 Å². The predicted octanol–water partition coefficient (Wildman–Crippen LogP) is 6.00. The lowest BCUT2D eigenvalue weighted by molar-refractivity contribution is 0.0146. The van der Waals surface area contributed by atoms with Gasteiger partial charge in [-0.3, -0.25) is 0 Å². The minimum Gasteiger partial charge on any atom is -0.491 e. The third-order valence-electron chi connectivity index (χ3n) is 5.28. The van der Waals surface area contributed by atoms with Crippen molar-refractivity contribution in [3.05, 3.63) is 23.0 Å². The van der Waals surface area contributed by atoms with Gasteiger partial charge < -0.3 is 4.74 Å². The number of benzene rings is 1. The fourth-order valence-corrected chi connectivity index (χ4v) is 5.20. The second-order valence-corrected chi connectivity index (χ2v) is 8.67. The molecule has 1 nitrogen and oxygen atoms in total. The third-order valence-corrected chi connectivity index (χ3v) is 5.92. The fraction of sp³-hybridized carbons (Fsp3) is 0.667. The predicted molar refractivity (Wildman–Crippen MR) is 91.5 cm³/mol. The monoisotopic (exact) mass is 342 g/mol. The molecule has 0 spiro atoms. The van der Waals surface area contributed by atoms with Crippen molar-refractivity contribution in [2.75, 3.05) is 6.61 Å². The molecule has 2 fully saturated rings. The number of fused-ring (bicyclic) bond motifs is 2. The van der Waals surface area contributed by atoms with Crippen molar-refractivity contribution in [1.29, 1.82) is 0 Å². The van der Waals surface area contributed by atoms with E-state index in [2.05, 4.69) is 26.5 Å². The van der Waals surface area contributed by atoms with Gasteiger partial charge in [0.05, 0.1) is 11.6 Å². The highest BCUT2D eigenvalue weighted by atomic mass is 35.5. The molecule has 0 aliphatic heterocycles. The molecule has 22 heavy (non-hydrogen) atoms. The van der Waals surface area contributed by atoms with Crippen LogP contribution in [0.25, 0.3) is 0 Å². The number of hydrogen-bond donors (Lipinski definition) is 1. The highest BCUT2D eigenvalue weighted by Gasteiger charge is 2.41. The molecular weight excluding hydrogens is 319 g/mol. The molecule has 0 radical (unpaired) electrons. The topological polar surface area (TPSA) is 9.23 Å². The van der Waals surface area contributed by atoms with Gasteiger partial charge in [0.15, 0.2) is 0 Å². The maximum absolute atomic E-state index is 13.6. The first-order valence-electron chi connectivity index (χ1n) is 8.15. The summed E-state index contributed by atoms with van der Waals surface area (Å²) in [5, 5.41) is 0.430. The molecule has 4 atom stereocenters. The van der Waals surface area contributed by atoms with Crippen LogP contribution in [0.5, 0.6) is 5.75 Å². The van der Waals surface area contributed by atoms with Gasteiger partial charge in [-0.1, -0.05) is 25.4 Å². The lowest BCUT2D eigenvalue weighted by atomic mass is 9.60. The van der Waals surface area contributed by atoms with E-state index in [4.69, 9.17) is 16.3 Å². The van der Waals surface area contributed by atoms with Gasteiger partial charge in [-0.25, -0.2) is 4.39 Å². The van der Waals surface area contributed by atoms with Gasteiger partial charge in [0.1, 0.15) is 11.6 Å². The van der Waals surface area contributed by atoms with E-state index in [-0.39, 0.29) is 16.1 Å². The van der Waals surface area contributed by atoms with Crippen molar-refractivity contribution in [2.24, 2.45) is 23.2 Å². The summed E-state index contributed by atoms with van der Waals surface area (Å²) in [6.07, 6.45) is 6.48. The maximum Gasteiger partial charge on any atom is 0.140 e. The minimum atomic E-state index is -0.387. The summed E-state index contributed by atoms with van der Waals surface area (Å²) in [7, 11) is 0. The molecule has 0 saturated heterocycles. The van der Waals surface area contributed by atoms with E-state index >= 15 is 0 Å². The van der Waals surface area contributed by atoms with E-state index in [1.807, 2.05) is 0 Å². The second kappa shape index (κ2) is 6.24. The van der Waals surface area contributed by atoms with Gasteiger partial charge in [0, 0.05) is 16.4 Å². The van der Waals surface area contributed by atoms with Crippen LogP contribution in [-0.2, 0) is 0 Å². The molecule has 0 aromatic heterocycles. The first-order chi connectivity index (χ1) is 10.3. The van der Waals surface area contributed by atoms with Crippen LogP contribution in [0.15, 0.2) is 17.0 Å². The summed E-state index contributed by atoms with van der Waals surface area (Å²) in [4.78, 5) is 0.254. The SMILES string of the molecule is CC1C[C@@H]2C[C@H](C1)CC(C)(COc1cc(F)c(S)cc1Cl)C2. The highest BCUT2D eigenvalue weighted by molar-refractivity contribution is 7.80. The van der Waals surface area contributed by atoms with E-state index in [0.29, 0.717) is 17.4 Å². The van der Waals surface area contributed by atoms with Crippen molar-refractivity contribution in [3.63, 3.8) is 0 Å². The average molecular weight is 343 g/mol. The quantitative estimate of drug-likeness (QED) is 0.663. The zero-order valence-electron chi connectivity index (χ0n) is 13.2. The first-order valence-corrected chi connectivity index (χ1v) is 8.98. The molecule has 122 valence electrons. The fourth-order valence-electron chi connectivity index (χ4n) is 4.71. The van der Waals surface area contributed by atoms with Crippen LogP contribution >= 0.6 is 24.2 Å². The Labute approximate surface area is 143 Å². The Morgan fingerprint density at radius 1 is 1.27 bits per heavy atom. The molecule has 4 heteroatoms. The largest absolute Gasteiger partial charge is 0.491 e. The number of halogens is 2. The zero-order chi connectivity index (χ0) is 15.9. The average Bonchev–Trinajstić information content (AvgIpc) is 2.39. The van der Waals surface area contributed by atoms with Gasteiger partial charge in [-0.15, -0.1) is 12.6 Å². The molecular formula is C18H24ClFOS. The van der Waals surface area contributed by atoms with E-state index < -0.39 is 0 Å². The van der Waals surface area contributed by atoms with Crippen molar-refractivity contribution in [3.8, 4) is 5.75 Å². The van der Waals surface area contributed by atoms with Crippen LogP contribution in [0.4, 0.5) is 4.39 Å². The molecule has 2 aliphatic rings. The minimum absolute atomic E-state index is 0.174. The maximum atomic E-state index is 13.6. The summed E-state index contributed by atoms with van der Waals surface area (Å²) in [6, 6.07) is 2.86. The van der Waals surface area contributed by atoms with Gasteiger partial charge in [-0.2, -0.15) is 0 Å². The third kappa shape index (κ3) is 3.56. The molecule has 0 amide bonds. The first kappa shape index (κ1) is 16.4. The van der Waals surface area contributed by atoms with Gasteiger partial charge in [-0.05, 0) is 55.9 Å². The van der Waals surface area contributed by atoms with Crippen molar-refractivity contribution in [1.82, 2.24) is 0 Å².